The fourth-order valence-corrected chi connectivity index (χ4v) is 6.48. The molecule has 0 saturated carbocycles. The summed E-state index contributed by atoms with van der Waals surface area (Å²) in [5.41, 5.74) is 13.4. The number of nitrogens with zero attached hydrogens (tertiary/aromatic N) is 3. The summed E-state index contributed by atoms with van der Waals surface area (Å²) in [6.45, 7) is 6.20. The molecule has 51 heavy (non-hydrogen) atoms. The first kappa shape index (κ1) is 33.7. The van der Waals surface area contributed by atoms with E-state index < -0.39 is 0 Å². The Bertz CT molecular complexity index is 2550. The molecule has 9 rings (SSSR count). The molecule has 0 atom stereocenters. The Morgan fingerprint density at radius 1 is 0.549 bits per heavy atom. The Hall–Kier alpha value is -5.74. The minimum absolute atomic E-state index is 0. The van der Waals surface area contributed by atoms with Gasteiger partial charge in [0.05, 0.1) is 5.58 Å². The smallest absolute Gasteiger partial charge is 0.129 e. The molecule has 249 valence electrons. The van der Waals surface area contributed by atoms with Crippen LogP contribution in [0.15, 0.2) is 151 Å². The van der Waals surface area contributed by atoms with Crippen LogP contribution in [0.4, 0.5) is 0 Å². The molecule has 9 aromatic rings. The molecule has 0 aliphatic heterocycles. The summed E-state index contributed by atoms with van der Waals surface area (Å²) >= 11 is 0. The zero-order valence-electron chi connectivity index (χ0n) is 28.4. The topological polar surface area (TPSA) is 51.8 Å². The number of hydrogen-bond acceptors (Lipinski definition) is 4. The minimum atomic E-state index is 0. The quantitative estimate of drug-likeness (QED) is 0.166. The van der Waals surface area contributed by atoms with E-state index in [1.165, 1.54) is 16.5 Å². The van der Waals surface area contributed by atoms with Crippen LogP contribution in [0.2, 0.25) is 0 Å². The van der Waals surface area contributed by atoms with Gasteiger partial charge < -0.3 is 14.4 Å². The van der Waals surface area contributed by atoms with Crippen molar-refractivity contribution in [2.75, 3.05) is 0 Å². The van der Waals surface area contributed by atoms with Crippen molar-refractivity contribution in [2.45, 2.75) is 20.8 Å². The first-order valence-corrected chi connectivity index (χ1v) is 16.7. The monoisotopic (exact) mass is 836 g/mol. The summed E-state index contributed by atoms with van der Waals surface area (Å²) in [6, 6.07) is 48.0. The zero-order chi connectivity index (χ0) is 34.0. The average Bonchev–Trinajstić information content (AvgIpc) is 3.56. The van der Waals surface area contributed by atoms with Gasteiger partial charge in [-0.1, -0.05) is 96.7 Å². The van der Waals surface area contributed by atoms with Gasteiger partial charge in [-0.3, -0.25) is 4.98 Å². The van der Waals surface area contributed by atoms with Crippen molar-refractivity contribution in [3.8, 4) is 44.8 Å². The van der Waals surface area contributed by atoms with Gasteiger partial charge in [0.15, 0.2) is 0 Å². The van der Waals surface area contributed by atoms with Gasteiger partial charge >= 0.3 is 0 Å². The third-order valence-electron chi connectivity index (χ3n) is 9.03. The Morgan fingerprint density at radius 3 is 2.14 bits per heavy atom. The average molecular weight is 836 g/mol. The van der Waals surface area contributed by atoms with Crippen LogP contribution in [0.1, 0.15) is 16.7 Å². The van der Waals surface area contributed by atoms with E-state index >= 15 is 0 Å². The van der Waals surface area contributed by atoms with Crippen LogP contribution in [0.5, 0.6) is 0 Å². The van der Waals surface area contributed by atoms with E-state index in [1.54, 1.807) is 6.20 Å². The molecular weight excluding hydrogens is 803 g/mol. The zero-order valence-corrected chi connectivity index (χ0v) is 30.8. The molecule has 5 aromatic carbocycles. The SMILES string of the molecule is Cc1c[c-]c(-c2ccc(C)cn2)cc1.Cc1cncc2c(-c3ccc(-c4ccccc4)c4c3oc3c(-c5ccccn5)[c-]ccc34)cccc12.[Ir]. The third-order valence-corrected chi connectivity index (χ3v) is 9.03. The Kier molecular flexibility index (Phi) is 9.67. The number of pyridine rings is 3. The largest absolute Gasteiger partial charge is 0.500 e. The maximum Gasteiger partial charge on any atom is 0.129 e. The van der Waals surface area contributed by atoms with Crippen molar-refractivity contribution < 1.29 is 24.5 Å². The maximum absolute atomic E-state index is 6.77. The second-order valence-corrected chi connectivity index (χ2v) is 12.5. The van der Waals surface area contributed by atoms with Crippen molar-refractivity contribution in [1.29, 1.82) is 0 Å². The maximum atomic E-state index is 6.77. The molecule has 0 bridgehead atoms. The van der Waals surface area contributed by atoms with Gasteiger partial charge in [0.1, 0.15) is 5.58 Å². The van der Waals surface area contributed by atoms with Crippen molar-refractivity contribution in [3.63, 3.8) is 0 Å². The normalized spacial score (nSPS) is 10.9. The Balaban J connectivity index is 0.000000228. The molecule has 4 aromatic heterocycles. The molecule has 0 amide bonds. The molecule has 0 aliphatic rings. The van der Waals surface area contributed by atoms with E-state index in [-0.39, 0.29) is 20.1 Å². The van der Waals surface area contributed by atoms with E-state index in [2.05, 4.69) is 114 Å². The van der Waals surface area contributed by atoms with Crippen molar-refractivity contribution in [3.05, 3.63) is 175 Å². The fourth-order valence-electron chi connectivity index (χ4n) is 6.48. The molecule has 5 heteroatoms. The van der Waals surface area contributed by atoms with Crippen LogP contribution < -0.4 is 0 Å². The van der Waals surface area contributed by atoms with Gasteiger partial charge in [-0.25, -0.2) is 0 Å². The van der Waals surface area contributed by atoms with Crippen molar-refractivity contribution in [2.24, 2.45) is 0 Å². The molecule has 4 heterocycles. The van der Waals surface area contributed by atoms with Crippen LogP contribution >= 0.6 is 0 Å². The molecule has 0 fully saturated rings. The molecule has 0 N–H and O–H groups in total. The van der Waals surface area contributed by atoms with E-state index in [0.717, 1.165) is 77.7 Å². The van der Waals surface area contributed by atoms with Gasteiger partial charge in [0, 0.05) is 61.2 Å². The van der Waals surface area contributed by atoms with Crippen LogP contribution in [-0.4, -0.2) is 15.0 Å². The van der Waals surface area contributed by atoms with Gasteiger partial charge in [-0.2, -0.15) is 0 Å². The van der Waals surface area contributed by atoms with Crippen LogP contribution in [0.25, 0.3) is 77.5 Å². The van der Waals surface area contributed by atoms with Crippen molar-refractivity contribution >= 4 is 32.7 Å². The molecule has 4 nitrogen and oxygen atoms in total. The molecule has 1 radical (unpaired) electrons. The van der Waals surface area contributed by atoms with Gasteiger partial charge in [-0.05, 0) is 70.6 Å². The first-order valence-electron chi connectivity index (χ1n) is 16.7. The second kappa shape index (κ2) is 14.6. The molecule has 0 aliphatic carbocycles. The number of aryl methyl sites for hydroxylation is 3. The number of benzene rings is 5. The van der Waals surface area contributed by atoms with E-state index in [4.69, 9.17) is 4.42 Å². The Labute approximate surface area is 311 Å². The third kappa shape index (κ3) is 6.62. The van der Waals surface area contributed by atoms with E-state index in [1.807, 2.05) is 74.0 Å². The summed E-state index contributed by atoms with van der Waals surface area (Å²) in [5, 5.41) is 4.46. The fraction of sp³-hybridized carbons (Fsp3) is 0.0652. The van der Waals surface area contributed by atoms with Gasteiger partial charge in [0.25, 0.3) is 0 Å². The standard InChI is InChI=1S/C33H21N2O.C13H12N.Ir/c1-21-19-34-20-29-23(21)11-7-12-25(29)26-17-16-24(22-9-3-2-4-10-22)31-28-14-8-13-27(32(28)36-33(26)31)30-15-5-6-18-35-30;1-10-3-6-12(7-4-10)13-8-5-11(2)9-14-13;/h2-12,14-20H,1H3;3-6,8-9H,1-2H3;/q2*-1;. The molecule has 0 spiro atoms. The van der Waals surface area contributed by atoms with E-state index in [9.17, 15) is 0 Å². The predicted molar refractivity (Wildman–Crippen MR) is 205 cm³/mol. The summed E-state index contributed by atoms with van der Waals surface area (Å²) in [4.78, 5) is 13.4. The second-order valence-electron chi connectivity index (χ2n) is 12.5. The molecular formula is C46H33IrN3O-2. The number of rotatable bonds is 4. The van der Waals surface area contributed by atoms with Crippen LogP contribution in [0.3, 0.4) is 0 Å². The molecule has 0 saturated heterocycles. The summed E-state index contributed by atoms with van der Waals surface area (Å²) < 4.78 is 6.77. The summed E-state index contributed by atoms with van der Waals surface area (Å²) in [5.74, 6) is 0. The predicted octanol–water partition coefficient (Wildman–Crippen LogP) is 11.8. The number of fused-ring (bicyclic) bond motifs is 4. The minimum Gasteiger partial charge on any atom is -0.500 e. The van der Waals surface area contributed by atoms with Crippen molar-refractivity contribution in [1.82, 2.24) is 15.0 Å². The summed E-state index contributed by atoms with van der Waals surface area (Å²) in [7, 11) is 0. The number of furan rings is 1. The number of hydrogen-bond donors (Lipinski definition) is 0. The summed E-state index contributed by atoms with van der Waals surface area (Å²) in [6.07, 6.45) is 7.54. The van der Waals surface area contributed by atoms with Gasteiger partial charge in [-0.15, -0.1) is 53.6 Å². The van der Waals surface area contributed by atoms with Crippen LogP contribution in [0, 0.1) is 32.9 Å². The Morgan fingerprint density at radius 2 is 1.37 bits per heavy atom. The van der Waals surface area contributed by atoms with Gasteiger partial charge in [0.2, 0.25) is 0 Å². The van der Waals surface area contributed by atoms with E-state index in [0.29, 0.717) is 0 Å². The first-order chi connectivity index (χ1) is 24.5. The van der Waals surface area contributed by atoms with Crippen LogP contribution in [-0.2, 0) is 20.1 Å². The molecule has 0 unspecified atom stereocenters. The number of aromatic nitrogens is 3.